The molecule has 0 fully saturated rings. The van der Waals surface area contributed by atoms with E-state index in [2.05, 4.69) is 27.5 Å². The molecular weight excluding hydrogens is 214 g/mol. The summed E-state index contributed by atoms with van der Waals surface area (Å²) in [5.74, 6) is 0.767. The van der Waals surface area contributed by atoms with E-state index in [9.17, 15) is 0 Å². The van der Waals surface area contributed by atoms with E-state index in [4.69, 9.17) is 0 Å². The zero-order valence-electron chi connectivity index (χ0n) is 10.4. The molecule has 0 atom stereocenters. The average molecular weight is 231 g/mol. The van der Waals surface area contributed by atoms with Crippen molar-refractivity contribution in [3.63, 3.8) is 0 Å². The second-order valence-electron chi connectivity index (χ2n) is 4.00. The van der Waals surface area contributed by atoms with Crippen molar-refractivity contribution < 1.29 is 0 Å². The van der Waals surface area contributed by atoms with Gasteiger partial charge >= 0.3 is 0 Å². The van der Waals surface area contributed by atoms with Crippen molar-refractivity contribution in [3.05, 3.63) is 35.3 Å². The molecule has 0 amide bonds. The van der Waals surface area contributed by atoms with E-state index in [-0.39, 0.29) is 0 Å². The number of rotatable bonds is 4. The van der Waals surface area contributed by atoms with Crippen LogP contribution in [0, 0.1) is 13.8 Å². The highest BCUT2D eigenvalue weighted by atomic mass is 15.3. The molecule has 90 valence electrons. The maximum absolute atomic E-state index is 4.52. The molecule has 0 saturated carbocycles. The predicted octanol–water partition coefficient (Wildman–Crippen LogP) is 1.04. The molecule has 2 heterocycles. The predicted molar refractivity (Wildman–Crippen MR) is 66.3 cm³/mol. The second-order valence-corrected chi connectivity index (χ2v) is 4.00. The monoisotopic (exact) mass is 231 g/mol. The fourth-order valence-corrected chi connectivity index (χ4v) is 1.92. The number of aryl methyl sites for hydroxylation is 1. The minimum Gasteiger partial charge on any atom is -0.319 e. The van der Waals surface area contributed by atoms with Gasteiger partial charge in [0.25, 0.3) is 0 Å². The summed E-state index contributed by atoms with van der Waals surface area (Å²) in [7, 11) is 1.96. The van der Waals surface area contributed by atoms with Crippen LogP contribution in [-0.2, 0) is 6.42 Å². The van der Waals surface area contributed by atoms with Crippen LogP contribution in [0.5, 0.6) is 0 Å². The maximum atomic E-state index is 4.52. The third kappa shape index (κ3) is 2.34. The molecule has 0 aliphatic heterocycles. The molecule has 5 heteroatoms. The molecule has 0 unspecified atom stereocenters. The number of hydrogen-bond donors (Lipinski definition) is 1. The summed E-state index contributed by atoms with van der Waals surface area (Å²) in [6.45, 7) is 5.05. The molecule has 2 aromatic heterocycles. The maximum Gasteiger partial charge on any atom is 0.175 e. The normalized spacial score (nSPS) is 10.8. The van der Waals surface area contributed by atoms with Crippen LogP contribution in [0.3, 0.4) is 0 Å². The highest BCUT2D eigenvalue weighted by Crippen LogP contribution is 2.16. The Labute approximate surface area is 101 Å². The second kappa shape index (κ2) is 5.05. The number of likely N-dealkylation sites (N-methyl/N-ethyl adjacent to an activating group) is 1. The van der Waals surface area contributed by atoms with Gasteiger partial charge in [0.05, 0.1) is 5.69 Å². The summed E-state index contributed by atoms with van der Waals surface area (Å²) in [6.07, 6.45) is 2.64. The Morgan fingerprint density at radius 3 is 2.82 bits per heavy atom. The van der Waals surface area contributed by atoms with Gasteiger partial charge in [0.1, 0.15) is 0 Å². The van der Waals surface area contributed by atoms with Gasteiger partial charge in [-0.25, -0.2) is 4.68 Å². The Balaban J connectivity index is 2.37. The largest absolute Gasteiger partial charge is 0.319 e. The highest BCUT2D eigenvalue weighted by molar-refractivity contribution is 5.31. The van der Waals surface area contributed by atoms with Crippen LogP contribution in [0.4, 0.5) is 0 Å². The minimum atomic E-state index is 0.767. The summed E-state index contributed by atoms with van der Waals surface area (Å²) < 4.78 is 1.85. The molecule has 0 aromatic carbocycles. The first-order valence-corrected chi connectivity index (χ1v) is 5.72. The number of aromatic nitrogens is 4. The zero-order chi connectivity index (χ0) is 12.3. The standard InChI is InChI=1S/C12H17N5/c1-9-11(6-8-13-3)10(2)17(16-9)12-5-4-7-14-15-12/h4-5,7,13H,6,8H2,1-3H3. The van der Waals surface area contributed by atoms with Crippen molar-refractivity contribution in [1.29, 1.82) is 0 Å². The summed E-state index contributed by atoms with van der Waals surface area (Å²) >= 11 is 0. The Hall–Kier alpha value is -1.75. The first-order valence-electron chi connectivity index (χ1n) is 5.72. The molecule has 17 heavy (non-hydrogen) atoms. The molecule has 0 bridgehead atoms. The SMILES string of the molecule is CNCCc1c(C)nn(-c2cccnn2)c1C. The lowest BCUT2D eigenvalue weighted by atomic mass is 10.1. The molecule has 5 nitrogen and oxygen atoms in total. The van der Waals surface area contributed by atoms with E-state index in [1.54, 1.807) is 6.20 Å². The van der Waals surface area contributed by atoms with Gasteiger partial charge in [-0.05, 0) is 51.6 Å². The average Bonchev–Trinajstić information content (AvgIpc) is 2.64. The van der Waals surface area contributed by atoms with Gasteiger partial charge in [0.15, 0.2) is 5.82 Å². The van der Waals surface area contributed by atoms with Gasteiger partial charge < -0.3 is 5.32 Å². The van der Waals surface area contributed by atoms with Gasteiger partial charge in [0, 0.05) is 11.9 Å². The van der Waals surface area contributed by atoms with Crippen LogP contribution in [0.15, 0.2) is 18.3 Å². The molecule has 0 saturated heterocycles. The van der Waals surface area contributed by atoms with Crippen molar-refractivity contribution in [3.8, 4) is 5.82 Å². The number of hydrogen-bond acceptors (Lipinski definition) is 4. The van der Waals surface area contributed by atoms with E-state index in [0.717, 1.165) is 30.2 Å². The van der Waals surface area contributed by atoms with Gasteiger partial charge in [-0.1, -0.05) is 0 Å². The van der Waals surface area contributed by atoms with Gasteiger partial charge in [-0.15, -0.1) is 5.10 Å². The third-order valence-corrected chi connectivity index (χ3v) is 2.84. The summed E-state index contributed by atoms with van der Waals surface area (Å²) in [6, 6.07) is 3.78. The molecule has 1 N–H and O–H groups in total. The Bertz CT molecular complexity index is 489. The highest BCUT2D eigenvalue weighted by Gasteiger charge is 2.12. The van der Waals surface area contributed by atoms with Gasteiger partial charge in [-0.2, -0.15) is 10.2 Å². The van der Waals surface area contributed by atoms with E-state index in [0.29, 0.717) is 0 Å². The number of nitrogens with one attached hydrogen (secondary N) is 1. The third-order valence-electron chi connectivity index (χ3n) is 2.84. The van der Waals surface area contributed by atoms with Gasteiger partial charge in [-0.3, -0.25) is 0 Å². The smallest absolute Gasteiger partial charge is 0.175 e. The summed E-state index contributed by atoms with van der Waals surface area (Å²) in [5, 5.41) is 15.6. The fraction of sp³-hybridized carbons (Fsp3) is 0.417. The van der Waals surface area contributed by atoms with Crippen molar-refractivity contribution in [2.75, 3.05) is 13.6 Å². The first-order chi connectivity index (χ1) is 8.24. The van der Waals surface area contributed by atoms with Gasteiger partial charge in [0.2, 0.25) is 0 Å². The molecule has 0 radical (unpaired) electrons. The Kier molecular flexibility index (Phi) is 3.49. The topological polar surface area (TPSA) is 55.6 Å². The zero-order valence-corrected chi connectivity index (χ0v) is 10.4. The van der Waals surface area contributed by atoms with E-state index >= 15 is 0 Å². The minimum absolute atomic E-state index is 0.767. The summed E-state index contributed by atoms with van der Waals surface area (Å²) in [5.41, 5.74) is 3.48. The fourth-order valence-electron chi connectivity index (χ4n) is 1.92. The van der Waals surface area contributed by atoms with Crippen LogP contribution in [0.25, 0.3) is 5.82 Å². The molecule has 2 rings (SSSR count). The van der Waals surface area contributed by atoms with Crippen molar-refractivity contribution >= 4 is 0 Å². The molecular formula is C12H17N5. The van der Waals surface area contributed by atoms with Crippen molar-refractivity contribution in [2.24, 2.45) is 0 Å². The quantitative estimate of drug-likeness (QED) is 0.854. The van der Waals surface area contributed by atoms with Crippen LogP contribution < -0.4 is 5.32 Å². The Morgan fingerprint density at radius 2 is 2.18 bits per heavy atom. The first kappa shape index (κ1) is 11.7. The van der Waals surface area contributed by atoms with E-state index in [1.165, 1.54) is 5.56 Å². The lowest BCUT2D eigenvalue weighted by molar-refractivity contribution is 0.772. The van der Waals surface area contributed by atoms with Crippen LogP contribution in [-0.4, -0.2) is 33.6 Å². The lowest BCUT2D eigenvalue weighted by Crippen LogP contribution is -2.11. The van der Waals surface area contributed by atoms with Crippen LogP contribution in [0.1, 0.15) is 17.0 Å². The molecule has 0 aliphatic carbocycles. The van der Waals surface area contributed by atoms with Crippen LogP contribution in [0.2, 0.25) is 0 Å². The molecule has 0 aliphatic rings. The lowest BCUT2D eigenvalue weighted by Gasteiger charge is -2.03. The summed E-state index contributed by atoms with van der Waals surface area (Å²) in [4.78, 5) is 0. The molecule has 0 spiro atoms. The van der Waals surface area contributed by atoms with E-state index < -0.39 is 0 Å². The van der Waals surface area contributed by atoms with Crippen LogP contribution >= 0.6 is 0 Å². The van der Waals surface area contributed by atoms with Crippen molar-refractivity contribution in [1.82, 2.24) is 25.3 Å². The number of nitrogens with zero attached hydrogens (tertiary/aromatic N) is 4. The Morgan fingerprint density at radius 1 is 1.35 bits per heavy atom. The van der Waals surface area contributed by atoms with Crippen molar-refractivity contribution in [2.45, 2.75) is 20.3 Å². The molecule has 2 aromatic rings. The van der Waals surface area contributed by atoms with E-state index in [1.807, 2.05) is 30.8 Å².